The molecule has 0 unspecified atom stereocenters. The molecule has 0 atom stereocenters. The second-order valence-electron chi connectivity index (χ2n) is 3.03. The largest absolute Gasteiger partial charge is 0.464 e. The molecule has 0 saturated heterocycles. The van der Waals surface area contributed by atoms with Gasteiger partial charge in [-0.3, -0.25) is 0 Å². The highest BCUT2D eigenvalue weighted by Gasteiger charge is 2.14. The molecule has 0 aromatic carbocycles. The van der Waals surface area contributed by atoms with Gasteiger partial charge >= 0.3 is 5.97 Å². The van der Waals surface area contributed by atoms with Crippen molar-refractivity contribution in [3.63, 3.8) is 0 Å². The highest BCUT2D eigenvalue weighted by molar-refractivity contribution is 5.87. The van der Waals surface area contributed by atoms with Crippen LogP contribution in [0.3, 0.4) is 0 Å². The van der Waals surface area contributed by atoms with Gasteiger partial charge in [-0.25, -0.2) is 9.78 Å². The number of aromatic nitrogens is 2. The molecule has 1 aromatic heterocycles. The number of carbonyl (C=O) groups is 1. The van der Waals surface area contributed by atoms with Gasteiger partial charge in [0.15, 0.2) is 0 Å². The lowest BCUT2D eigenvalue weighted by atomic mass is 10.4. The van der Waals surface area contributed by atoms with E-state index in [1.165, 1.54) is 13.3 Å². The molecule has 0 aliphatic carbocycles. The number of carbonyl (C=O) groups excluding carboxylic acids is 1. The first-order valence-electron chi connectivity index (χ1n) is 4.88. The predicted octanol–water partition coefficient (Wildman–Crippen LogP) is 1.01. The van der Waals surface area contributed by atoms with Crippen LogP contribution in [0.15, 0.2) is 6.20 Å². The summed E-state index contributed by atoms with van der Waals surface area (Å²) < 4.78 is 11.7. The summed E-state index contributed by atoms with van der Waals surface area (Å²) in [4.78, 5) is 15.4. The van der Waals surface area contributed by atoms with Crippen molar-refractivity contribution in [2.75, 3.05) is 20.3 Å². The Labute approximate surface area is 89.0 Å². The topological polar surface area (TPSA) is 53.4 Å². The molecule has 0 fully saturated rings. The van der Waals surface area contributed by atoms with Gasteiger partial charge in [-0.05, 0) is 13.8 Å². The molecule has 1 heterocycles. The van der Waals surface area contributed by atoms with E-state index in [-0.39, 0.29) is 5.97 Å². The smallest absolute Gasteiger partial charge is 0.356 e. The van der Waals surface area contributed by atoms with Gasteiger partial charge in [0.1, 0.15) is 11.5 Å². The van der Waals surface area contributed by atoms with Crippen LogP contribution in [-0.4, -0.2) is 35.8 Å². The van der Waals surface area contributed by atoms with E-state index >= 15 is 0 Å². The zero-order valence-electron chi connectivity index (χ0n) is 9.32. The summed E-state index contributed by atoms with van der Waals surface area (Å²) in [5.74, 6) is 0.419. The van der Waals surface area contributed by atoms with Crippen LogP contribution in [0.2, 0.25) is 0 Å². The second kappa shape index (κ2) is 5.50. The van der Waals surface area contributed by atoms with Crippen LogP contribution >= 0.6 is 0 Å². The van der Waals surface area contributed by atoms with E-state index in [0.717, 1.165) is 5.82 Å². The van der Waals surface area contributed by atoms with Gasteiger partial charge in [-0.15, -0.1) is 0 Å². The third kappa shape index (κ3) is 2.79. The monoisotopic (exact) mass is 212 g/mol. The van der Waals surface area contributed by atoms with Gasteiger partial charge in [-0.2, -0.15) is 0 Å². The van der Waals surface area contributed by atoms with Crippen molar-refractivity contribution in [3.05, 3.63) is 17.7 Å². The fourth-order valence-electron chi connectivity index (χ4n) is 1.32. The van der Waals surface area contributed by atoms with Crippen LogP contribution in [0, 0.1) is 6.92 Å². The van der Waals surface area contributed by atoms with Gasteiger partial charge in [0, 0.05) is 13.2 Å². The van der Waals surface area contributed by atoms with Crippen LogP contribution in [-0.2, 0) is 16.0 Å². The van der Waals surface area contributed by atoms with E-state index in [1.54, 1.807) is 4.57 Å². The number of methoxy groups -OCH3 is 1. The summed E-state index contributed by atoms with van der Waals surface area (Å²) in [7, 11) is 1.36. The minimum absolute atomic E-state index is 0.368. The van der Waals surface area contributed by atoms with E-state index in [4.69, 9.17) is 4.74 Å². The average molecular weight is 212 g/mol. The first kappa shape index (κ1) is 11.7. The van der Waals surface area contributed by atoms with E-state index in [0.29, 0.717) is 25.5 Å². The lowest BCUT2D eigenvalue weighted by Gasteiger charge is -2.08. The Hall–Kier alpha value is -1.36. The van der Waals surface area contributed by atoms with Crippen LogP contribution in [0.5, 0.6) is 0 Å². The molecule has 0 aliphatic rings. The van der Waals surface area contributed by atoms with Crippen molar-refractivity contribution in [1.82, 2.24) is 9.55 Å². The Morgan fingerprint density at radius 3 is 2.93 bits per heavy atom. The van der Waals surface area contributed by atoms with Crippen molar-refractivity contribution in [2.24, 2.45) is 0 Å². The molecule has 0 bridgehead atoms. The Balaban J connectivity index is 2.75. The van der Waals surface area contributed by atoms with E-state index < -0.39 is 0 Å². The molecule has 15 heavy (non-hydrogen) atoms. The van der Waals surface area contributed by atoms with Gasteiger partial charge in [0.25, 0.3) is 0 Å². The van der Waals surface area contributed by atoms with Crippen molar-refractivity contribution in [2.45, 2.75) is 20.4 Å². The Kier molecular flexibility index (Phi) is 4.30. The number of hydrogen-bond donors (Lipinski definition) is 0. The number of esters is 1. The summed E-state index contributed by atoms with van der Waals surface area (Å²) >= 11 is 0. The van der Waals surface area contributed by atoms with Crippen molar-refractivity contribution >= 4 is 5.97 Å². The summed E-state index contributed by atoms with van der Waals surface area (Å²) in [6.45, 7) is 5.63. The van der Waals surface area contributed by atoms with Crippen LogP contribution in [0.1, 0.15) is 23.2 Å². The van der Waals surface area contributed by atoms with Gasteiger partial charge < -0.3 is 14.0 Å². The van der Waals surface area contributed by atoms with Gasteiger partial charge in [-0.1, -0.05) is 0 Å². The predicted molar refractivity (Wildman–Crippen MR) is 54.8 cm³/mol. The van der Waals surface area contributed by atoms with Crippen molar-refractivity contribution in [3.8, 4) is 0 Å². The molecule has 0 saturated carbocycles. The summed E-state index contributed by atoms with van der Waals surface area (Å²) in [5.41, 5.74) is 0.467. The maximum absolute atomic E-state index is 11.4. The molecule has 1 rings (SSSR count). The highest BCUT2D eigenvalue weighted by atomic mass is 16.5. The summed E-state index contributed by atoms with van der Waals surface area (Å²) in [5, 5.41) is 0. The quantitative estimate of drug-likeness (QED) is 0.540. The molecular formula is C10H16N2O3. The molecule has 1 aromatic rings. The normalized spacial score (nSPS) is 10.3. The Morgan fingerprint density at radius 2 is 2.33 bits per heavy atom. The number of hydrogen-bond acceptors (Lipinski definition) is 4. The molecule has 0 radical (unpaired) electrons. The fourth-order valence-corrected chi connectivity index (χ4v) is 1.32. The Bertz CT molecular complexity index is 333. The second-order valence-corrected chi connectivity index (χ2v) is 3.03. The van der Waals surface area contributed by atoms with Crippen molar-refractivity contribution in [1.29, 1.82) is 0 Å². The minimum atomic E-state index is -0.368. The standard InChI is InChI=1S/C10H16N2O3/c1-4-15-6-5-12-8(2)11-7-9(12)10(13)14-3/h7H,4-6H2,1-3H3. The van der Waals surface area contributed by atoms with Crippen LogP contribution in [0.4, 0.5) is 0 Å². The highest BCUT2D eigenvalue weighted by Crippen LogP contribution is 2.06. The number of nitrogens with zero attached hydrogens (tertiary/aromatic N) is 2. The van der Waals surface area contributed by atoms with E-state index in [1.807, 2.05) is 13.8 Å². The maximum Gasteiger partial charge on any atom is 0.356 e. The van der Waals surface area contributed by atoms with E-state index in [2.05, 4.69) is 9.72 Å². The number of aryl methyl sites for hydroxylation is 1. The SMILES string of the molecule is CCOCCn1c(C(=O)OC)cnc1C. The number of ether oxygens (including phenoxy) is 2. The van der Waals surface area contributed by atoms with Crippen LogP contribution < -0.4 is 0 Å². The molecule has 84 valence electrons. The molecule has 0 N–H and O–H groups in total. The zero-order chi connectivity index (χ0) is 11.3. The summed E-state index contributed by atoms with van der Waals surface area (Å²) in [6, 6.07) is 0. The average Bonchev–Trinajstić information content (AvgIpc) is 2.60. The fraction of sp³-hybridized carbons (Fsp3) is 0.600. The molecule has 5 nitrogen and oxygen atoms in total. The third-order valence-corrected chi connectivity index (χ3v) is 2.11. The number of imidazole rings is 1. The zero-order valence-corrected chi connectivity index (χ0v) is 9.32. The van der Waals surface area contributed by atoms with E-state index in [9.17, 15) is 4.79 Å². The Morgan fingerprint density at radius 1 is 1.60 bits per heavy atom. The minimum Gasteiger partial charge on any atom is -0.464 e. The van der Waals surface area contributed by atoms with Gasteiger partial charge in [0.2, 0.25) is 0 Å². The third-order valence-electron chi connectivity index (χ3n) is 2.11. The first-order chi connectivity index (χ1) is 7.20. The molecule has 0 spiro atoms. The van der Waals surface area contributed by atoms with Crippen molar-refractivity contribution < 1.29 is 14.3 Å². The molecule has 0 aliphatic heterocycles. The molecule has 0 amide bonds. The molecule has 5 heteroatoms. The maximum atomic E-state index is 11.4. The van der Waals surface area contributed by atoms with Crippen LogP contribution in [0.25, 0.3) is 0 Å². The number of rotatable bonds is 5. The molecular weight excluding hydrogens is 196 g/mol. The lowest BCUT2D eigenvalue weighted by Crippen LogP contribution is -2.15. The summed E-state index contributed by atoms with van der Waals surface area (Å²) in [6.07, 6.45) is 1.52. The van der Waals surface area contributed by atoms with Gasteiger partial charge in [0.05, 0.1) is 19.9 Å². The lowest BCUT2D eigenvalue weighted by molar-refractivity contribution is 0.0584. The first-order valence-corrected chi connectivity index (χ1v) is 4.88.